The molecule has 4 aliphatic rings. The summed E-state index contributed by atoms with van der Waals surface area (Å²) in [6.45, 7) is 0.875. The Labute approximate surface area is 177 Å². The molecule has 7 nitrogen and oxygen atoms in total. The number of nitrogens with one attached hydrogen (secondary N) is 3. The largest absolute Gasteiger partial charge is 0.369 e. The van der Waals surface area contributed by atoms with Gasteiger partial charge in [0.2, 0.25) is 11.8 Å². The van der Waals surface area contributed by atoms with Crippen LogP contribution in [-0.4, -0.2) is 48.9 Å². The quantitative estimate of drug-likeness (QED) is 0.567. The van der Waals surface area contributed by atoms with E-state index in [2.05, 4.69) is 16.0 Å². The molecule has 0 unspecified atom stereocenters. The fourth-order valence-electron chi connectivity index (χ4n) is 4.93. The van der Waals surface area contributed by atoms with Gasteiger partial charge in [0.1, 0.15) is 6.61 Å². The number of ketones is 1. The lowest BCUT2D eigenvalue weighted by Gasteiger charge is -2.43. The molecule has 162 valence electrons. The number of hydrogen-bond acceptors (Lipinski definition) is 5. The van der Waals surface area contributed by atoms with Gasteiger partial charge < -0.3 is 20.7 Å². The van der Waals surface area contributed by atoms with Crippen LogP contribution in [0.3, 0.4) is 0 Å². The van der Waals surface area contributed by atoms with Crippen molar-refractivity contribution in [2.75, 3.05) is 13.2 Å². The molecule has 5 rings (SSSR count). The number of carbonyl (C=O) groups is 3. The van der Waals surface area contributed by atoms with Crippen LogP contribution in [0, 0.1) is 11.8 Å². The zero-order valence-corrected chi connectivity index (χ0v) is 17.3. The average Bonchev–Trinajstić information content (AvgIpc) is 3.19. The minimum absolute atomic E-state index is 0.0397. The molecule has 0 spiro atoms. The zero-order valence-electron chi connectivity index (χ0n) is 17.3. The van der Waals surface area contributed by atoms with Gasteiger partial charge in [0, 0.05) is 18.5 Å². The van der Waals surface area contributed by atoms with Crippen LogP contribution in [0.5, 0.6) is 0 Å². The van der Waals surface area contributed by atoms with Gasteiger partial charge in [-0.15, -0.1) is 0 Å². The van der Waals surface area contributed by atoms with E-state index < -0.39 is 6.04 Å². The summed E-state index contributed by atoms with van der Waals surface area (Å²) in [5, 5.41) is 9.20. The second-order valence-electron chi connectivity index (χ2n) is 8.77. The number of ether oxygens (including phenoxy) is 1. The molecule has 1 aromatic carbocycles. The first-order valence-corrected chi connectivity index (χ1v) is 11.1. The number of amides is 2. The summed E-state index contributed by atoms with van der Waals surface area (Å²) in [5.41, 5.74) is 0.989. The molecular weight excluding hydrogens is 382 g/mol. The van der Waals surface area contributed by atoms with E-state index in [9.17, 15) is 14.4 Å². The van der Waals surface area contributed by atoms with Crippen LogP contribution in [0.4, 0.5) is 0 Å². The zero-order chi connectivity index (χ0) is 20.9. The normalized spacial score (nSPS) is 28.7. The number of rotatable bonds is 9. The first-order chi connectivity index (χ1) is 14.6. The molecule has 2 amide bonds. The molecule has 0 radical (unpaired) electrons. The third kappa shape index (κ3) is 5.08. The SMILES string of the molecule is O=C1NCC[C@H]1C[C@H](NC(=O)[C@@H]1NC2CCC1CC2)C(=O)COCc1ccccc1. The van der Waals surface area contributed by atoms with Crippen molar-refractivity contribution in [1.82, 2.24) is 16.0 Å². The Morgan fingerprint density at radius 2 is 1.87 bits per heavy atom. The molecular formula is C23H31N3O4. The van der Waals surface area contributed by atoms with E-state index in [0.717, 1.165) is 31.2 Å². The second kappa shape index (κ2) is 9.71. The van der Waals surface area contributed by atoms with E-state index in [-0.39, 0.29) is 36.2 Å². The highest BCUT2D eigenvalue weighted by Gasteiger charge is 2.40. The number of piperidine rings is 2. The second-order valence-corrected chi connectivity index (χ2v) is 8.77. The van der Waals surface area contributed by atoms with Crippen LogP contribution in [0.2, 0.25) is 0 Å². The van der Waals surface area contributed by atoms with E-state index in [4.69, 9.17) is 4.74 Å². The van der Waals surface area contributed by atoms with Gasteiger partial charge in [-0.05, 0) is 50.0 Å². The van der Waals surface area contributed by atoms with Crippen molar-refractivity contribution in [3.8, 4) is 0 Å². The maximum Gasteiger partial charge on any atom is 0.238 e. The Hall–Kier alpha value is -2.25. The van der Waals surface area contributed by atoms with Crippen molar-refractivity contribution < 1.29 is 19.1 Å². The molecule has 7 heteroatoms. The number of fused-ring (bicyclic) bond motifs is 3. The molecule has 1 saturated carbocycles. The van der Waals surface area contributed by atoms with Gasteiger partial charge >= 0.3 is 0 Å². The molecule has 3 aliphatic heterocycles. The third-order valence-electron chi connectivity index (χ3n) is 6.69. The van der Waals surface area contributed by atoms with Crippen LogP contribution >= 0.6 is 0 Å². The molecule has 1 aliphatic carbocycles. The Kier molecular flexibility index (Phi) is 6.79. The number of hydrogen-bond donors (Lipinski definition) is 3. The highest BCUT2D eigenvalue weighted by molar-refractivity contribution is 5.92. The van der Waals surface area contributed by atoms with Crippen molar-refractivity contribution in [1.29, 1.82) is 0 Å². The van der Waals surface area contributed by atoms with Crippen molar-refractivity contribution in [2.24, 2.45) is 11.8 Å². The predicted molar refractivity (Wildman–Crippen MR) is 111 cm³/mol. The number of carbonyl (C=O) groups excluding carboxylic acids is 3. The maximum atomic E-state index is 13.0. The van der Waals surface area contributed by atoms with Crippen molar-refractivity contribution in [2.45, 2.75) is 63.3 Å². The fraction of sp³-hybridized carbons (Fsp3) is 0.609. The van der Waals surface area contributed by atoms with Crippen LogP contribution in [0.25, 0.3) is 0 Å². The first kappa shape index (κ1) is 21.0. The summed E-state index contributed by atoms with van der Waals surface area (Å²) in [4.78, 5) is 37.9. The fourth-order valence-corrected chi connectivity index (χ4v) is 4.93. The molecule has 30 heavy (non-hydrogen) atoms. The Morgan fingerprint density at radius 1 is 1.10 bits per heavy atom. The van der Waals surface area contributed by atoms with E-state index in [0.29, 0.717) is 38.0 Å². The smallest absolute Gasteiger partial charge is 0.238 e. The minimum Gasteiger partial charge on any atom is -0.369 e. The van der Waals surface area contributed by atoms with E-state index in [1.807, 2.05) is 30.3 Å². The summed E-state index contributed by atoms with van der Waals surface area (Å²) in [7, 11) is 0. The molecule has 3 heterocycles. The number of benzene rings is 1. The van der Waals surface area contributed by atoms with Crippen LogP contribution in [-0.2, 0) is 25.7 Å². The van der Waals surface area contributed by atoms with Crippen LogP contribution in [0.15, 0.2) is 30.3 Å². The summed E-state index contributed by atoms with van der Waals surface area (Å²) < 4.78 is 5.61. The summed E-state index contributed by atoms with van der Waals surface area (Å²) in [5.74, 6) is -0.259. The van der Waals surface area contributed by atoms with Crippen molar-refractivity contribution >= 4 is 17.6 Å². The third-order valence-corrected chi connectivity index (χ3v) is 6.69. The predicted octanol–water partition coefficient (Wildman–Crippen LogP) is 1.31. The van der Waals surface area contributed by atoms with Crippen LogP contribution in [0.1, 0.15) is 44.1 Å². The van der Waals surface area contributed by atoms with Gasteiger partial charge in [0.25, 0.3) is 0 Å². The molecule has 3 saturated heterocycles. The van der Waals surface area contributed by atoms with Gasteiger partial charge in [0.05, 0.1) is 18.7 Å². The Morgan fingerprint density at radius 3 is 2.50 bits per heavy atom. The van der Waals surface area contributed by atoms with E-state index >= 15 is 0 Å². The summed E-state index contributed by atoms with van der Waals surface area (Å²) in [6, 6.07) is 9.11. The van der Waals surface area contributed by atoms with E-state index in [1.165, 1.54) is 0 Å². The Bertz CT molecular complexity index is 761. The van der Waals surface area contributed by atoms with Gasteiger partial charge in [0.15, 0.2) is 5.78 Å². The molecule has 4 fully saturated rings. The van der Waals surface area contributed by atoms with Gasteiger partial charge in [-0.25, -0.2) is 0 Å². The van der Waals surface area contributed by atoms with Crippen molar-refractivity contribution in [3.05, 3.63) is 35.9 Å². The lowest BCUT2D eigenvalue weighted by molar-refractivity contribution is -0.134. The highest BCUT2D eigenvalue weighted by atomic mass is 16.5. The lowest BCUT2D eigenvalue weighted by atomic mass is 9.76. The topological polar surface area (TPSA) is 96.5 Å². The number of Topliss-reactive ketones (excluding diaryl/α,β-unsaturated/α-hetero) is 1. The molecule has 2 bridgehead atoms. The standard InChI is InChI=1S/C23H31N3O4/c27-20(14-30-13-15-4-2-1-3-5-15)19(12-17-10-11-24-22(17)28)26-23(29)21-16-6-8-18(25-21)9-7-16/h1-5,16-19,21,25H,6-14H2,(H,24,28)(H,26,29)/t16?,17-,18?,19-,21+/m0/s1. The minimum atomic E-state index is -0.704. The molecule has 3 N–H and O–H groups in total. The average molecular weight is 414 g/mol. The first-order valence-electron chi connectivity index (χ1n) is 11.1. The summed E-state index contributed by atoms with van der Waals surface area (Å²) >= 11 is 0. The van der Waals surface area contributed by atoms with Crippen LogP contribution < -0.4 is 16.0 Å². The van der Waals surface area contributed by atoms with E-state index in [1.54, 1.807) is 0 Å². The van der Waals surface area contributed by atoms with Gasteiger partial charge in [-0.2, -0.15) is 0 Å². The van der Waals surface area contributed by atoms with Crippen molar-refractivity contribution in [3.63, 3.8) is 0 Å². The van der Waals surface area contributed by atoms with Gasteiger partial charge in [-0.3, -0.25) is 14.4 Å². The molecule has 3 atom stereocenters. The van der Waals surface area contributed by atoms with Gasteiger partial charge in [-0.1, -0.05) is 30.3 Å². The maximum absolute atomic E-state index is 13.0. The monoisotopic (exact) mass is 413 g/mol. The molecule has 1 aromatic rings. The lowest BCUT2D eigenvalue weighted by Crippen LogP contribution is -2.60. The highest BCUT2D eigenvalue weighted by Crippen LogP contribution is 2.33. The molecule has 0 aromatic heterocycles. The summed E-state index contributed by atoms with van der Waals surface area (Å²) in [6.07, 6.45) is 5.36. The Balaban J connectivity index is 1.36.